The Hall–Kier alpha value is -1.00. The molecule has 1 aliphatic rings. The number of hydrogen-bond acceptors (Lipinski definition) is 5. The number of amides is 1. The van der Waals surface area contributed by atoms with Crippen LogP contribution in [0, 0.1) is 5.92 Å². The van der Waals surface area contributed by atoms with Crippen molar-refractivity contribution in [3.05, 3.63) is 4.60 Å². The van der Waals surface area contributed by atoms with Gasteiger partial charge in [-0.1, -0.05) is 5.21 Å². The molecule has 1 N–H and O–H groups in total. The maximum atomic E-state index is 12.6. The lowest BCUT2D eigenvalue weighted by molar-refractivity contribution is -0.126. The summed E-state index contributed by atoms with van der Waals surface area (Å²) in [6.07, 6.45) is 1.04. The Morgan fingerprint density at radius 2 is 2.05 bits per heavy atom. The van der Waals surface area contributed by atoms with Gasteiger partial charge in [0.2, 0.25) is 10.9 Å². The highest BCUT2D eigenvalue weighted by molar-refractivity contribution is 9.10. The predicted octanol–water partition coefficient (Wildman–Crippen LogP) is 0.114. The van der Waals surface area contributed by atoms with E-state index in [0.717, 1.165) is 0 Å². The standard InChI is InChI=1S/C11H18BrN5O3S/c1-3-13-10(18)8-4-6-17(7-5-8)21(19,20)11-9(12)14-15-16(11)2/h8H,3-7H2,1-2H3,(H,13,18). The number of nitrogens with one attached hydrogen (secondary N) is 1. The Morgan fingerprint density at radius 1 is 1.43 bits per heavy atom. The molecule has 0 radical (unpaired) electrons. The van der Waals surface area contributed by atoms with Crippen LogP contribution in [0.4, 0.5) is 0 Å². The number of aryl methyl sites for hydroxylation is 1. The first-order valence-corrected chi connectivity index (χ1v) is 8.94. The molecule has 1 saturated heterocycles. The van der Waals surface area contributed by atoms with Crippen LogP contribution in [0.2, 0.25) is 0 Å². The summed E-state index contributed by atoms with van der Waals surface area (Å²) >= 11 is 3.11. The van der Waals surface area contributed by atoms with Gasteiger partial charge in [-0.2, -0.15) is 4.31 Å². The van der Waals surface area contributed by atoms with E-state index in [1.807, 2.05) is 6.92 Å². The first-order chi connectivity index (χ1) is 9.87. The van der Waals surface area contributed by atoms with Crippen molar-refractivity contribution in [1.82, 2.24) is 24.6 Å². The van der Waals surface area contributed by atoms with Crippen molar-refractivity contribution >= 4 is 31.9 Å². The van der Waals surface area contributed by atoms with Gasteiger partial charge in [-0.05, 0) is 35.7 Å². The smallest absolute Gasteiger partial charge is 0.263 e. The molecular weight excluding hydrogens is 362 g/mol. The second kappa shape index (κ2) is 6.41. The molecule has 1 aromatic heterocycles. The minimum atomic E-state index is -3.65. The Labute approximate surface area is 132 Å². The summed E-state index contributed by atoms with van der Waals surface area (Å²) in [6.45, 7) is 3.10. The van der Waals surface area contributed by atoms with Crippen LogP contribution in [0.1, 0.15) is 19.8 Å². The normalized spacial score (nSPS) is 17.9. The van der Waals surface area contributed by atoms with Crippen molar-refractivity contribution in [2.75, 3.05) is 19.6 Å². The first-order valence-electron chi connectivity index (χ1n) is 6.71. The van der Waals surface area contributed by atoms with Crippen LogP contribution in [-0.4, -0.2) is 53.3 Å². The van der Waals surface area contributed by atoms with Crippen LogP contribution in [-0.2, 0) is 21.9 Å². The van der Waals surface area contributed by atoms with Gasteiger partial charge in [0.15, 0.2) is 4.60 Å². The van der Waals surface area contributed by atoms with Gasteiger partial charge in [-0.25, -0.2) is 13.1 Å². The van der Waals surface area contributed by atoms with E-state index in [-0.39, 0.29) is 21.5 Å². The fourth-order valence-corrected chi connectivity index (χ4v) is 4.90. The fourth-order valence-electron chi connectivity index (χ4n) is 2.40. The quantitative estimate of drug-likeness (QED) is 0.800. The number of nitrogens with zero attached hydrogens (tertiary/aromatic N) is 4. The van der Waals surface area contributed by atoms with Gasteiger partial charge in [0.1, 0.15) is 0 Å². The van der Waals surface area contributed by atoms with Gasteiger partial charge in [-0.3, -0.25) is 4.79 Å². The monoisotopic (exact) mass is 379 g/mol. The Balaban J connectivity index is 2.10. The van der Waals surface area contributed by atoms with Crippen molar-refractivity contribution in [2.45, 2.75) is 24.8 Å². The zero-order chi connectivity index (χ0) is 15.6. The summed E-state index contributed by atoms with van der Waals surface area (Å²) in [4.78, 5) is 11.8. The minimum absolute atomic E-state index is 0.00192. The molecule has 10 heteroatoms. The lowest BCUT2D eigenvalue weighted by Crippen LogP contribution is -2.43. The van der Waals surface area contributed by atoms with Crippen LogP contribution in [0.3, 0.4) is 0 Å². The lowest BCUT2D eigenvalue weighted by atomic mass is 9.97. The summed E-state index contributed by atoms with van der Waals surface area (Å²) in [7, 11) is -2.11. The Morgan fingerprint density at radius 3 is 2.52 bits per heavy atom. The summed E-state index contributed by atoms with van der Waals surface area (Å²) in [6, 6.07) is 0. The van der Waals surface area contributed by atoms with Crippen LogP contribution < -0.4 is 5.32 Å². The zero-order valence-corrected chi connectivity index (χ0v) is 14.3. The fraction of sp³-hybridized carbons (Fsp3) is 0.727. The molecule has 0 spiro atoms. The molecule has 8 nitrogen and oxygen atoms in total. The van der Waals surface area contributed by atoms with Crippen molar-refractivity contribution in [1.29, 1.82) is 0 Å². The summed E-state index contributed by atoms with van der Waals surface area (Å²) < 4.78 is 28.0. The summed E-state index contributed by atoms with van der Waals surface area (Å²) in [5, 5.41) is 10.2. The van der Waals surface area contributed by atoms with Gasteiger partial charge in [0, 0.05) is 32.6 Å². The molecule has 2 heterocycles. The molecule has 0 aromatic carbocycles. The largest absolute Gasteiger partial charge is 0.356 e. The third kappa shape index (κ3) is 3.27. The molecule has 2 rings (SSSR count). The van der Waals surface area contributed by atoms with E-state index >= 15 is 0 Å². The van der Waals surface area contributed by atoms with E-state index in [4.69, 9.17) is 0 Å². The molecule has 1 aromatic rings. The van der Waals surface area contributed by atoms with E-state index < -0.39 is 10.0 Å². The maximum Gasteiger partial charge on any atom is 0.263 e. The molecule has 118 valence electrons. The van der Waals surface area contributed by atoms with Crippen LogP contribution in [0.5, 0.6) is 0 Å². The summed E-state index contributed by atoms with van der Waals surface area (Å²) in [5.41, 5.74) is 0. The second-order valence-corrected chi connectivity index (χ2v) is 7.49. The Kier molecular flexibility index (Phi) is 4.99. The molecule has 1 amide bonds. The molecule has 0 saturated carbocycles. The van der Waals surface area contributed by atoms with E-state index in [9.17, 15) is 13.2 Å². The van der Waals surface area contributed by atoms with Crippen LogP contribution in [0.15, 0.2) is 9.63 Å². The number of aromatic nitrogens is 3. The van der Waals surface area contributed by atoms with Gasteiger partial charge in [0.05, 0.1) is 0 Å². The molecule has 1 aliphatic heterocycles. The second-order valence-electron chi connectivity index (χ2n) is 4.88. The van der Waals surface area contributed by atoms with Gasteiger partial charge >= 0.3 is 0 Å². The predicted molar refractivity (Wildman–Crippen MR) is 78.9 cm³/mol. The van der Waals surface area contributed by atoms with Gasteiger partial charge < -0.3 is 5.32 Å². The number of piperidine rings is 1. The van der Waals surface area contributed by atoms with E-state index in [0.29, 0.717) is 32.5 Å². The van der Waals surface area contributed by atoms with Crippen molar-refractivity contribution in [2.24, 2.45) is 13.0 Å². The first kappa shape index (κ1) is 16.4. The Bertz CT molecular complexity index is 602. The van der Waals surface area contributed by atoms with Crippen LogP contribution >= 0.6 is 15.9 Å². The topological polar surface area (TPSA) is 97.2 Å². The molecule has 0 atom stereocenters. The molecule has 1 fully saturated rings. The van der Waals surface area contributed by atoms with E-state index in [1.54, 1.807) is 0 Å². The average Bonchev–Trinajstić information content (AvgIpc) is 2.79. The number of halogens is 1. The molecular formula is C11H18BrN5O3S. The molecule has 21 heavy (non-hydrogen) atoms. The highest BCUT2D eigenvalue weighted by Crippen LogP contribution is 2.26. The third-order valence-electron chi connectivity index (χ3n) is 3.50. The van der Waals surface area contributed by atoms with Gasteiger partial charge in [-0.15, -0.1) is 5.10 Å². The van der Waals surface area contributed by atoms with Gasteiger partial charge in [0.25, 0.3) is 10.0 Å². The minimum Gasteiger partial charge on any atom is -0.356 e. The highest BCUT2D eigenvalue weighted by Gasteiger charge is 2.35. The molecule has 0 bridgehead atoms. The lowest BCUT2D eigenvalue weighted by Gasteiger charge is -2.30. The molecule has 0 aliphatic carbocycles. The van der Waals surface area contributed by atoms with Crippen molar-refractivity contribution < 1.29 is 13.2 Å². The number of hydrogen-bond donors (Lipinski definition) is 1. The number of carbonyl (C=O) groups is 1. The third-order valence-corrected chi connectivity index (χ3v) is 6.28. The van der Waals surface area contributed by atoms with Crippen LogP contribution in [0.25, 0.3) is 0 Å². The van der Waals surface area contributed by atoms with E-state index in [1.165, 1.54) is 16.0 Å². The average molecular weight is 380 g/mol. The molecule has 0 unspecified atom stereocenters. The SMILES string of the molecule is CCNC(=O)C1CCN(S(=O)(=O)c2c(Br)nnn2C)CC1. The number of rotatable bonds is 4. The highest BCUT2D eigenvalue weighted by atomic mass is 79.9. The maximum absolute atomic E-state index is 12.6. The van der Waals surface area contributed by atoms with Crippen molar-refractivity contribution in [3.8, 4) is 0 Å². The summed E-state index contributed by atoms with van der Waals surface area (Å²) in [5.74, 6) is -0.123. The number of sulfonamides is 1. The van der Waals surface area contributed by atoms with Crippen molar-refractivity contribution in [3.63, 3.8) is 0 Å². The zero-order valence-electron chi connectivity index (χ0n) is 11.9. The van der Waals surface area contributed by atoms with E-state index in [2.05, 4.69) is 31.6 Å². The number of carbonyl (C=O) groups excluding carboxylic acids is 1.